The lowest BCUT2D eigenvalue weighted by Crippen LogP contribution is -2.07. The lowest BCUT2D eigenvalue weighted by atomic mass is 10.2. The van der Waals surface area contributed by atoms with Crippen LogP contribution in [0.1, 0.15) is 21.6 Å². The Labute approximate surface area is 116 Å². The number of carbonyl (C=O) groups excluding carboxylic acids is 1. The van der Waals surface area contributed by atoms with Crippen molar-refractivity contribution in [1.82, 2.24) is 9.78 Å². The second-order valence-electron chi connectivity index (χ2n) is 4.42. The van der Waals surface area contributed by atoms with Crippen molar-refractivity contribution < 1.29 is 13.9 Å². The Morgan fingerprint density at radius 2 is 2.25 bits per heavy atom. The van der Waals surface area contributed by atoms with Gasteiger partial charge in [-0.25, -0.2) is 9.18 Å². The lowest BCUT2D eigenvalue weighted by molar-refractivity contribution is 0.0595. The smallest absolute Gasteiger partial charge is 0.340 e. The van der Waals surface area contributed by atoms with Gasteiger partial charge in [0.1, 0.15) is 5.82 Å². The number of hydrogen-bond acceptors (Lipinski definition) is 4. The topological polar surface area (TPSA) is 56.1 Å². The van der Waals surface area contributed by atoms with Gasteiger partial charge in [0.05, 0.1) is 18.9 Å². The summed E-state index contributed by atoms with van der Waals surface area (Å²) in [6.07, 6.45) is 1.77. The Balaban J connectivity index is 2.14. The van der Waals surface area contributed by atoms with E-state index in [2.05, 4.69) is 15.2 Å². The van der Waals surface area contributed by atoms with E-state index in [1.165, 1.54) is 19.2 Å². The van der Waals surface area contributed by atoms with E-state index in [4.69, 9.17) is 0 Å². The molecule has 1 aromatic heterocycles. The van der Waals surface area contributed by atoms with Gasteiger partial charge in [-0.2, -0.15) is 5.10 Å². The molecular weight excluding hydrogens is 261 g/mol. The summed E-state index contributed by atoms with van der Waals surface area (Å²) in [4.78, 5) is 11.4. The molecule has 0 bridgehead atoms. The average molecular weight is 277 g/mol. The highest BCUT2D eigenvalue weighted by Gasteiger charge is 2.13. The quantitative estimate of drug-likeness (QED) is 0.871. The Hall–Kier alpha value is -2.37. The number of aromatic nitrogens is 2. The number of nitrogens with zero attached hydrogens (tertiary/aromatic N) is 2. The second kappa shape index (κ2) is 5.73. The van der Waals surface area contributed by atoms with Crippen molar-refractivity contribution in [1.29, 1.82) is 0 Å². The number of carbonyl (C=O) groups is 1. The molecule has 106 valence electrons. The number of ether oxygens (including phenoxy) is 1. The number of methoxy groups -OCH3 is 1. The van der Waals surface area contributed by atoms with Crippen molar-refractivity contribution in [3.63, 3.8) is 0 Å². The molecule has 20 heavy (non-hydrogen) atoms. The predicted octanol–water partition coefficient (Wildman–Crippen LogP) is 2.27. The third-order valence-electron chi connectivity index (χ3n) is 3.19. The van der Waals surface area contributed by atoms with Crippen LogP contribution in [-0.4, -0.2) is 22.9 Å². The molecule has 0 saturated carbocycles. The third-order valence-corrected chi connectivity index (χ3v) is 3.19. The van der Waals surface area contributed by atoms with Gasteiger partial charge in [-0.15, -0.1) is 0 Å². The summed E-state index contributed by atoms with van der Waals surface area (Å²) in [5, 5.41) is 7.28. The van der Waals surface area contributed by atoms with Crippen LogP contribution in [0.3, 0.4) is 0 Å². The van der Waals surface area contributed by atoms with Crippen LogP contribution in [0.5, 0.6) is 0 Å². The zero-order chi connectivity index (χ0) is 14.7. The molecule has 1 heterocycles. The number of hydrogen-bond donors (Lipinski definition) is 1. The molecule has 0 aliphatic heterocycles. The molecule has 0 aliphatic rings. The second-order valence-corrected chi connectivity index (χ2v) is 4.42. The van der Waals surface area contributed by atoms with Crippen LogP contribution in [0.15, 0.2) is 24.4 Å². The first kappa shape index (κ1) is 14.0. The average Bonchev–Trinajstić information content (AvgIpc) is 2.77. The fourth-order valence-corrected chi connectivity index (χ4v) is 1.82. The number of halogens is 1. The molecule has 6 heteroatoms. The molecule has 0 atom stereocenters. The molecule has 0 saturated heterocycles. The monoisotopic (exact) mass is 277 g/mol. The van der Waals surface area contributed by atoms with E-state index in [0.29, 0.717) is 12.2 Å². The molecule has 2 aromatic rings. The molecule has 0 aliphatic carbocycles. The minimum Gasteiger partial charge on any atom is -0.465 e. The lowest BCUT2D eigenvalue weighted by Gasteiger charge is -2.08. The molecular formula is C14H16FN3O2. The van der Waals surface area contributed by atoms with Crippen LogP contribution in [0, 0.1) is 12.7 Å². The van der Waals surface area contributed by atoms with Crippen LogP contribution >= 0.6 is 0 Å². The zero-order valence-electron chi connectivity index (χ0n) is 11.6. The summed E-state index contributed by atoms with van der Waals surface area (Å²) in [6, 6.07) is 4.25. The summed E-state index contributed by atoms with van der Waals surface area (Å²) >= 11 is 0. The SMILES string of the molecule is COC(=O)c1cc(NCc2cnn(C)c2C)ccc1F. The Bertz CT molecular complexity index is 637. The first-order valence-corrected chi connectivity index (χ1v) is 6.12. The molecule has 0 amide bonds. The van der Waals surface area contributed by atoms with Crippen molar-refractivity contribution in [2.75, 3.05) is 12.4 Å². The molecule has 0 spiro atoms. The highest BCUT2D eigenvalue weighted by molar-refractivity contribution is 5.90. The normalized spacial score (nSPS) is 10.4. The zero-order valence-corrected chi connectivity index (χ0v) is 11.6. The van der Waals surface area contributed by atoms with Crippen LogP contribution in [0.25, 0.3) is 0 Å². The van der Waals surface area contributed by atoms with Crippen LogP contribution in [-0.2, 0) is 18.3 Å². The van der Waals surface area contributed by atoms with Crippen molar-refractivity contribution >= 4 is 11.7 Å². The van der Waals surface area contributed by atoms with Gasteiger partial charge in [0.25, 0.3) is 0 Å². The maximum absolute atomic E-state index is 13.5. The van der Waals surface area contributed by atoms with E-state index in [1.54, 1.807) is 16.9 Å². The molecule has 1 aromatic carbocycles. The van der Waals surface area contributed by atoms with Gasteiger partial charge in [-0.1, -0.05) is 0 Å². The highest BCUT2D eigenvalue weighted by atomic mass is 19.1. The first-order valence-electron chi connectivity index (χ1n) is 6.12. The van der Waals surface area contributed by atoms with Gasteiger partial charge in [0, 0.05) is 30.5 Å². The number of anilines is 1. The molecule has 5 nitrogen and oxygen atoms in total. The summed E-state index contributed by atoms with van der Waals surface area (Å²) in [5.41, 5.74) is 2.65. The summed E-state index contributed by atoms with van der Waals surface area (Å²) in [6.45, 7) is 2.51. The predicted molar refractivity (Wildman–Crippen MR) is 73.0 cm³/mol. The van der Waals surface area contributed by atoms with E-state index in [0.717, 1.165) is 11.3 Å². The standard InChI is InChI=1S/C14H16FN3O2/c1-9-10(8-17-18(9)2)7-16-11-4-5-13(15)12(6-11)14(19)20-3/h4-6,8,16H,7H2,1-3H3. The number of aryl methyl sites for hydroxylation is 1. The minimum absolute atomic E-state index is 0.0830. The van der Waals surface area contributed by atoms with E-state index in [9.17, 15) is 9.18 Å². The van der Waals surface area contributed by atoms with E-state index in [1.807, 2.05) is 14.0 Å². The molecule has 1 N–H and O–H groups in total. The van der Waals surface area contributed by atoms with Crippen molar-refractivity contribution in [3.8, 4) is 0 Å². The van der Waals surface area contributed by atoms with Crippen molar-refractivity contribution in [2.45, 2.75) is 13.5 Å². The molecule has 0 unspecified atom stereocenters. The third kappa shape index (κ3) is 2.79. The van der Waals surface area contributed by atoms with Gasteiger partial charge in [0.15, 0.2) is 0 Å². The Morgan fingerprint density at radius 1 is 1.50 bits per heavy atom. The largest absolute Gasteiger partial charge is 0.465 e. The summed E-state index contributed by atoms with van der Waals surface area (Å²) in [7, 11) is 3.09. The van der Waals surface area contributed by atoms with Crippen molar-refractivity contribution in [3.05, 3.63) is 47.0 Å². The van der Waals surface area contributed by atoms with E-state index >= 15 is 0 Å². The highest BCUT2D eigenvalue weighted by Crippen LogP contribution is 2.17. The molecule has 0 radical (unpaired) electrons. The molecule has 0 fully saturated rings. The maximum Gasteiger partial charge on any atom is 0.340 e. The van der Waals surface area contributed by atoms with E-state index < -0.39 is 11.8 Å². The number of nitrogens with one attached hydrogen (secondary N) is 1. The van der Waals surface area contributed by atoms with Gasteiger partial charge >= 0.3 is 5.97 Å². The number of esters is 1. The fraction of sp³-hybridized carbons (Fsp3) is 0.286. The van der Waals surface area contributed by atoms with Crippen LogP contribution in [0.4, 0.5) is 10.1 Å². The maximum atomic E-state index is 13.5. The first-order chi connectivity index (χ1) is 9.52. The van der Waals surface area contributed by atoms with Gasteiger partial charge in [-0.05, 0) is 25.1 Å². The Morgan fingerprint density at radius 3 is 2.85 bits per heavy atom. The van der Waals surface area contributed by atoms with Crippen molar-refractivity contribution in [2.24, 2.45) is 7.05 Å². The Kier molecular flexibility index (Phi) is 4.02. The summed E-state index contributed by atoms with van der Waals surface area (Å²) < 4.78 is 19.8. The van der Waals surface area contributed by atoms with Crippen LogP contribution in [0.2, 0.25) is 0 Å². The van der Waals surface area contributed by atoms with Gasteiger partial charge < -0.3 is 10.1 Å². The van der Waals surface area contributed by atoms with Gasteiger partial charge in [0.2, 0.25) is 0 Å². The number of benzene rings is 1. The fourth-order valence-electron chi connectivity index (χ4n) is 1.82. The molecule has 2 rings (SSSR count). The van der Waals surface area contributed by atoms with E-state index in [-0.39, 0.29) is 5.56 Å². The number of rotatable bonds is 4. The van der Waals surface area contributed by atoms with Gasteiger partial charge in [-0.3, -0.25) is 4.68 Å². The minimum atomic E-state index is -0.691. The summed E-state index contributed by atoms with van der Waals surface area (Å²) in [5.74, 6) is -1.29. The van der Waals surface area contributed by atoms with Crippen LogP contribution < -0.4 is 5.32 Å².